The van der Waals surface area contributed by atoms with Gasteiger partial charge in [-0.25, -0.2) is 0 Å². The second-order valence-corrected chi connectivity index (χ2v) is 2.56. The molecule has 0 bridgehead atoms. The van der Waals surface area contributed by atoms with Crippen molar-refractivity contribution >= 4 is 5.69 Å². The SMILES string of the molecule is [N-]=[N+]=NCCc1ccc(N=[N+]=[N-])cc1. The van der Waals surface area contributed by atoms with Crippen molar-refractivity contribution in [1.82, 2.24) is 0 Å². The molecule has 0 aliphatic heterocycles. The summed E-state index contributed by atoms with van der Waals surface area (Å²) in [4.78, 5) is 5.33. The Labute approximate surface area is 80.4 Å². The lowest BCUT2D eigenvalue weighted by Crippen LogP contribution is -1.86. The Morgan fingerprint density at radius 2 is 1.79 bits per heavy atom. The summed E-state index contributed by atoms with van der Waals surface area (Å²) >= 11 is 0. The first-order chi connectivity index (χ1) is 6.86. The van der Waals surface area contributed by atoms with Crippen LogP contribution in [0.5, 0.6) is 0 Å². The molecule has 1 aromatic rings. The highest BCUT2D eigenvalue weighted by Crippen LogP contribution is 2.13. The Bertz CT molecular complexity index is 383. The second-order valence-electron chi connectivity index (χ2n) is 2.56. The maximum absolute atomic E-state index is 8.17. The lowest BCUT2D eigenvalue weighted by molar-refractivity contribution is 0.956. The van der Waals surface area contributed by atoms with Crippen LogP contribution in [0, 0.1) is 0 Å². The zero-order valence-electron chi connectivity index (χ0n) is 7.41. The highest BCUT2D eigenvalue weighted by molar-refractivity contribution is 5.38. The van der Waals surface area contributed by atoms with E-state index in [9.17, 15) is 0 Å². The smallest absolute Gasteiger partial charge is 0.0375 e. The molecule has 0 heterocycles. The molecule has 0 fully saturated rings. The maximum atomic E-state index is 8.17. The van der Waals surface area contributed by atoms with Crippen molar-refractivity contribution in [2.75, 3.05) is 6.54 Å². The van der Waals surface area contributed by atoms with E-state index < -0.39 is 0 Å². The quantitative estimate of drug-likeness (QED) is 0.392. The van der Waals surface area contributed by atoms with Gasteiger partial charge in [-0.1, -0.05) is 34.5 Å². The lowest BCUT2D eigenvalue weighted by atomic mass is 10.1. The van der Waals surface area contributed by atoms with E-state index in [0.717, 1.165) is 5.56 Å². The summed E-state index contributed by atoms with van der Waals surface area (Å²) in [6.07, 6.45) is 0.695. The standard InChI is InChI=1S/C8H8N6/c9-13-11-6-5-7-1-3-8(4-2-7)12-14-10/h1-4H,5-6H2. The predicted molar refractivity (Wildman–Crippen MR) is 53.0 cm³/mol. The van der Waals surface area contributed by atoms with E-state index in [-0.39, 0.29) is 0 Å². The van der Waals surface area contributed by atoms with Crippen LogP contribution in [0.25, 0.3) is 20.9 Å². The minimum atomic E-state index is 0.442. The van der Waals surface area contributed by atoms with Gasteiger partial charge in [0.2, 0.25) is 0 Å². The van der Waals surface area contributed by atoms with Gasteiger partial charge >= 0.3 is 0 Å². The van der Waals surface area contributed by atoms with Crippen LogP contribution >= 0.6 is 0 Å². The van der Waals surface area contributed by atoms with Gasteiger partial charge in [0, 0.05) is 22.1 Å². The normalized spacial score (nSPS) is 8.57. The fourth-order valence-electron chi connectivity index (χ4n) is 1.00. The molecule has 0 saturated heterocycles. The van der Waals surface area contributed by atoms with E-state index in [1.54, 1.807) is 12.1 Å². The average molecular weight is 188 g/mol. The second kappa shape index (κ2) is 5.48. The van der Waals surface area contributed by atoms with E-state index in [1.165, 1.54) is 0 Å². The Kier molecular flexibility index (Phi) is 3.88. The van der Waals surface area contributed by atoms with Gasteiger partial charge in [0.05, 0.1) is 0 Å². The minimum Gasteiger partial charge on any atom is -0.0936 e. The van der Waals surface area contributed by atoms with Gasteiger partial charge in [-0.05, 0) is 23.0 Å². The molecule has 0 unspecified atom stereocenters. The molecule has 0 aliphatic rings. The van der Waals surface area contributed by atoms with Gasteiger partial charge in [0.25, 0.3) is 0 Å². The van der Waals surface area contributed by atoms with Crippen molar-refractivity contribution in [2.45, 2.75) is 6.42 Å². The molecule has 6 nitrogen and oxygen atoms in total. The molecular weight excluding hydrogens is 180 g/mol. The zero-order valence-corrected chi connectivity index (χ0v) is 7.41. The first-order valence-corrected chi connectivity index (χ1v) is 4.01. The molecule has 0 amide bonds. The Morgan fingerprint density at radius 1 is 1.07 bits per heavy atom. The van der Waals surface area contributed by atoms with Crippen molar-refractivity contribution in [1.29, 1.82) is 0 Å². The number of azide groups is 2. The van der Waals surface area contributed by atoms with Crippen LogP contribution in [0.15, 0.2) is 34.5 Å². The minimum absolute atomic E-state index is 0.442. The monoisotopic (exact) mass is 188 g/mol. The van der Waals surface area contributed by atoms with E-state index >= 15 is 0 Å². The molecule has 6 heteroatoms. The topological polar surface area (TPSA) is 97.5 Å². The van der Waals surface area contributed by atoms with Gasteiger partial charge < -0.3 is 0 Å². The highest BCUT2D eigenvalue weighted by Gasteiger charge is 1.91. The molecule has 0 saturated carbocycles. The van der Waals surface area contributed by atoms with Gasteiger partial charge in [-0.3, -0.25) is 0 Å². The van der Waals surface area contributed by atoms with Crippen LogP contribution in [0.2, 0.25) is 0 Å². The summed E-state index contributed by atoms with van der Waals surface area (Å²) in [6.45, 7) is 0.442. The number of hydrogen-bond acceptors (Lipinski definition) is 2. The summed E-state index contributed by atoms with van der Waals surface area (Å²) in [5.41, 5.74) is 17.9. The first kappa shape index (κ1) is 9.92. The third-order valence-electron chi connectivity index (χ3n) is 1.66. The third kappa shape index (κ3) is 3.06. The van der Waals surface area contributed by atoms with E-state index in [2.05, 4.69) is 20.1 Å². The number of rotatable bonds is 4. The predicted octanol–water partition coefficient (Wildman–Crippen LogP) is 3.48. The van der Waals surface area contributed by atoms with Gasteiger partial charge in [-0.15, -0.1) is 0 Å². The van der Waals surface area contributed by atoms with Crippen LogP contribution in [0.1, 0.15) is 5.56 Å². The van der Waals surface area contributed by atoms with Gasteiger partial charge in [0.15, 0.2) is 0 Å². The maximum Gasteiger partial charge on any atom is 0.0375 e. The van der Waals surface area contributed by atoms with Crippen LogP contribution in [0.3, 0.4) is 0 Å². The Balaban J connectivity index is 2.63. The van der Waals surface area contributed by atoms with Crippen molar-refractivity contribution in [2.24, 2.45) is 10.2 Å². The molecule has 0 radical (unpaired) electrons. The van der Waals surface area contributed by atoms with Crippen LogP contribution in [0.4, 0.5) is 5.69 Å². The summed E-state index contributed by atoms with van der Waals surface area (Å²) in [5, 5.41) is 6.87. The summed E-state index contributed by atoms with van der Waals surface area (Å²) in [5.74, 6) is 0. The van der Waals surface area contributed by atoms with Gasteiger partial charge in [0.1, 0.15) is 0 Å². The fourth-order valence-corrected chi connectivity index (χ4v) is 1.00. The largest absolute Gasteiger partial charge is 0.0936 e. The molecular formula is C8H8N6. The molecule has 1 aromatic carbocycles. The average Bonchev–Trinajstić information content (AvgIpc) is 2.21. The molecule has 0 atom stereocenters. The Hall–Kier alpha value is -2.16. The van der Waals surface area contributed by atoms with Gasteiger partial charge in [-0.2, -0.15) is 0 Å². The molecule has 1 rings (SSSR count). The van der Waals surface area contributed by atoms with Crippen molar-refractivity contribution in [3.05, 3.63) is 50.7 Å². The van der Waals surface area contributed by atoms with Crippen LogP contribution < -0.4 is 0 Å². The molecule has 70 valence electrons. The zero-order chi connectivity index (χ0) is 10.2. The molecule has 0 aromatic heterocycles. The molecule has 0 spiro atoms. The summed E-state index contributed by atoms with van der Waals surface area (Å²) in [6, 6.07) is 7.14. The van der Waals surface area contributed by atoms with E-state index in [0.29, 0.717) is 18.7 Å². The lowest BCUT2D eigenvalue weighted by Gasteiger charge is -1.97. The van der Waals surface area contributed by atoms with Crippen molar-refractivity contribution in [3.63, 3.8) is 0 Å². The fraction of sp³-hybridized carbons (Fsp3) is 0.250. The summed E-state index contributed by atoms with van der Waals surface area (Å²) < 4.78 is 0. The third-order valence-corrected chi connectivity index (χ3v) is 1.66. The highest BCUT2D eigenvalue weighted by atomic mass is 15.1. The molecule has 0 aliphatic carbocycles. The summed E-state index contributed by atoms with van der Waals surface area (Å²) in [7, 11) is 0. The van der Waals surface area contributed by atoms with E-state index in [4.69, 9.17) is 11.1 Å². The Morgan fingerprint density at radius 3 is 2.36 bits per heavy atom. The van der Waals surface area contributed by atoms with E-state index in [1.807, 2.05) is 12.1 Å². The van der Waals surface area contributed by atoms with Crippen LogP contribution in [-0.2, 0) is 6.42 Å². The van der Waals surface area contributed by atoms with Crippen LogP contribution in [-0.4, -0.2) is 6.54 Å². The molecule has 14 heavy (non-hydrogen) atoms. The number of hydrogen-bond donors (Lipinski definition) is 0. The number of nitrogens with zero attached hydrogens (tertiary/aromatic N) is 6. The van der Waals surface area contributed by atoms with Crippen molar-refractivity contribution in [3.8, 4) is 0 Å². The van der Waals surface area contributed by atoms with Crippen molar-refractivity contribution < 1.29 is 0 Å². The molecule has 0 N–H and O–H groups in total. The number of benzene rings is 1. The first-order valence-electron chi connectivity index (χ1n) is 4.01.